The summed E-state index contributed by atoms with van der Waals surface area (Å²) < 4.78 is 59.0. The molecule has 10 nitrogen and oxygen atoms in total. The molecule has 1 aromatic heterocycles. The van der Waals surface area contributed by atoms with Gasteiger partial charge in [-0.3, -0.25) is 0 Å². The minimum absolute atomic E-state index is 0.0338. The van der Waals surface area contributed by atoms with E-state index in [0.29, 0.717) is 28.6 Å². The average Bonchev–Trinajstić information content (AvgIpc) is 3.51. The Bertz CT molecular complexity index is 1220. The van der Waals surface area contributed by atoms with Crippen LogP contribution in [-0.2, 0) is 10.0 Å². The molecule has 0 spiro atoms. The van der Waals surface area contributed by atoms with Crippen molar-refractivity contribution in [2.45, 2.75) is 10.3 Å². The summed E-state index contributed by atoms with van der Waals surface area (Å²) in [6.45, 7) is 0.268. The number of methoxy groups -OCH3 is 3. The Balaban J connectivity index is 1.77. The maximum Gasteiger partial charge on any atom is 0.244 e. The van der Waals surface area contributed by atoms with Crippen LogP contribution >= 0.6 is 11.8 Å². The number of nitrogens with zero attached hydrogens (tertiary/aromatic N) is 4. The van der Waals surface area contributed by atoms with Crippen LogP contribution in [0.4, 0.5) is 4.39 Å². The summed E-state index contributed by atoms with van der Waals surface area (Å²) in [6.07, 6.45) is 0. The van der Waals surface area contributed by atoms with Crippen molar-refractivity contribution in [2.24, 2.45) is 0 Å². The summed E-state index contributed by atoms with van der Waals surface area (Å²) in [7, 11) is 0.516. The minimum atomic E-state index is -3.99. The number of H-pyrrole nitrogens is 1. The molecule has 13 heteroatoms. The lowest BCUT2D eigenvalue weighted by atomic mass is 10.1. The van der Waals surface area contributed by atoms with Crippen LogP contribution in [0.1, 0.15) is 10.9 Å². The zero-order valence-electron chi connectivity index (χ0n) is 17.4. The third-order valence-corrected chi connectivity index (χ3v) is 8.22. The Labute approximate surface area is 188 Å². The van der Waals surface area contributed by atoms with E-state index in [1.165, 1.54) is 49.5 Å². The summed E-state index contributed by atoms with van der Waals surface area (Å²) in [4.78, 5) is -0.0781. The number of thioether (sulfide) groups is 1. The number of tetrazole rings is 1. The van der Waals surface area contributed by atoms with Crippen molar-refractivity contribution in [2.75, 3.05) is 33.6 Å². The number of hydrogen-bond donors (Lipinski definition) is 1. The van der Waals surface area contributed by atoms with Gasteiger partial charge in [0.25, 0.3) is 0 Å². The number of sulfonamides is 1. The zero-order chi connectivity index (χ0) is 22.9. The fraction of sp³-hybridized carbons (Fsp3) is 0.316. The molecule has 170 valence electrons. The summed E-state index contributed by atoms with van der Waals surface area (Å²) >= 11 is 1.45. The van der Waals surface area contributed by atoms with Gasteiger partial charge in [0, 0.05) is 23.9 Å². The number of ether oxygens (including phenoxy) is 3. The monoisotopic (exact) mass is 481 g/mol. The highest BCUT2D eigenvalue weighted by molar-refractivity contribution is 8.01. The highest BCUT2D eigenvalue weighted by atomic mass is 32.2. The van der Waals surface area contributed by atoms with Crippen LogP contribution in [0.15, 0.2) is 35.2 Å². The molecule has 32 heavy (non-hydrogen) atoms. The van der Waals surface area contributed by atoms with Crippen LogP contribution in [0.25, 0.3) is 11.4 Å². The molecular weight excluding hydrogens is 461 g/mol. The first-order valence-electron chi connectivity index (χ1n) is 9.37. The predicted molar refractivity (Wildman–Crippen MR) is 115 cm³/mol. The Hall–Kier alpha value is -2.90. The lowest BCUT2D eigenvalue weighted by Gasteiger charge is -2.26. The number of aromatic amines is 1. The van der Waals surface area contributed by atoms with E-state index in [-0.39, 0.29) is 22.8 Å². The molecule has 0 aliphatic carbocycles. The van der Waals surface area contributed by atoms with Crippen LogP contribution < -0.4 is 14.2 Å². The van der Waals surface area contributed by atoms with E-state index in [4.69, 9.17) is 14.2 Å². The molecule has 1 fully saturated rings. The summed E-state index contributed by atoms with van der Waals surface area (Å²) in [6, 6.07) is 6.87. The molecule has 1 atom stereocenters. The van der Waals surface area contributed by atoms with Crippen LogP contribution in [0.3, 0.4) is 0 Å². The lowest BCUT2D eigenvalue weighted by Crippen LogP contribution is -2.30. The number of nitrogens with one attached hydrogen (secondary N) is 1. The molecule has 0 amide bonds. The van der Waals surface area contributed by atoms with Crippen molar-refractivity contribution in [1.29, 1.82) is 0 Å². The summed E-state index contributed by atoms with van der Waals surface area (Å²) in [5, 5.41) is 12.6. The van der Waals surface area contributed by atoms with Crippen molar-refractivity contribution < 1.29 is 27.0 Å². The molecule has 4 rings (SSSR count). The molecule has 0 bridgehead atoms. The molecule has 1 saturated heterocycles. The van der Waals surface area contributed by atoms with Crippen molar-refractivity contribution >= 4 is 21.8 Å². The normalized spacial score (nSPS) is 16.8. The molecular formula is C19H20FN5O5S2. The maximum absolute atomic E-state index is 14.3. The second-order valence-corrected chi connectivity index (χ2v) is 9.74. The second kappa shape index (κ2) is 8.92. The smallest absolute Gasteiger partial charge is 0.244 e. The lowest BCUT2D eigenvalue weighted by molar-refractivity contribution is 0.344. The third kappa shape index (κ3) is 3.87. The number of aromatic nitrogens is 4. The van der Waals surface area contributed by atoms with Crippen LogP contribution in [0.5, 0.6) is 17.2 Å². The zero-order valence-corrected chi connectivity index (χ0v) is 19.0. The van der Waals surface area contributed by atoms with Gasteiger partial charge >= 0.3 is 0 Å². The van der Waals surface area contributed by atoms with Crippen LogP contribution in [0.2, 0.25) is 0 Å². The van der Waals surface area contributed by atoms with E-state index >= 15 is 0 Å². The Kier molecular flexibility index (Phi) is 6.22. The predicted octanol–water partition coefficient (Wildman–Crippen LogP) is 2.47. The highest BCUT2D eigenvalue weighted by Gasteiger charge is 2.39. The van der Waals surface area contributed by atoms with Gasteiger partial charge in [-0.1, -0.05) is 0 Å². The second-order valence-electron chi connectivity index (χ2n) is 6.67. The molecule has 1 aliphatic heterocycles. The van der Waals surface area contributed by atoms with Gasteiger partial charge < -0.3 is 14.2 Å². The van der Waals surface area contributed by atoms with Gasteiger partial charge in [0.1, 0.15) is 11.6 Å². The summed E-state index contributed by atoms with van der Waals surface area (Å²) in [5.74, 6) is 1.27. The van der Waals surface area contributed by atoms with Gasteiger partial charge in [-0.15, -0.1) is 22.0 Å². The summed E-state index contributed by atoms with van der Waals surface area (Å²) in [5.41, 5.74) is 0.559. The number of benzene rings is 2. The molecule has 2 heterocycles. The third-order valence-electron chi connectivity index (χ3n) is 4.98. The van der Waals surface area contributed by atoms with Crippen molar-refractivity contribution in [3.63, 3.8) is 0 Å². The molecule has 1 N–H and O–H groups in total. The molecule has 3 aromatic rings. The van der Waals surface area contributed by atoms with Gasteiger partial charge in [-0.2, -0.15) is 9.52 Å². The fourth-order valence-corrected chi connectivity index (χ4v) is 6.71. The fourth-order valence-electron chi connectivity index (χ4n) is 3.44. The number of halogens is 1. The van der Waals surface area contributed by atoms with Crippen LogP contribution in [-0.4, -0.2) is 67.0 Å². The topological polar surface area (TPSA) is 120 Å². The van der Waals surface area contributed by atoms with Gasteiger partial charge in [0.05, 0.1) is 37.2 Å². The Morgan fingerprint density at radius 3 is 2.47 bits per heavy atom. The average molecular weight is 482 g/mol. The largest absolute Gasteiger partial charge is 0.496 e. The van der Waals surface area contributed by atoms with E-state index in [0.717, 1.165) is 6.07 Å². The van der Waals surface area contributed by atoms with Crippen LogP contribution in [0, 0.1) is 5.82 Å². The Morgan fingerprint density at radius 2 is 1.81 bits per heavy atom. The van der Waals surface area contributed by atoms with E-state index in [2.05, 4.69) is 20.6 Å². The van der Waals surface area contributed by atoms with E-state index in [1.807, 2.05) is 0 Å². The highest BCUT2D eigenvalue weighted by Crippen LogP contribution is 2.48. The SMILES string of the molecule is COc1cc(OC)c(C2SCCN2S(=O)(=O)c2ccc(F)c(-c3nn[nH]n3)c2)cc1OC. The minimum Gasteiger partial charge on any atom is -0.496 e. The maximum atomic E-state index is 14.3. The quantitative estimate of drug-likeness (QED) is 0.543. The van der Waals surface area contributed by atoms with E-state index in [1.54, 1.807) is 12.1 Å². The molecule has 0 saturated carbocycles. The van der Waals surface area contributed by atoms with Crippen molar-refractivity contribution in [3.05, 3.63) is 41.7 Å². The molecule has 0 radical (unpaired) electrons. The standard InChI is InChI=1S/C19H20FN5O5S2/c1-28-15-10-17(30-3)16(29-2)9-13(15)19-25(6-7-31-19)32(26,27)11-4-5-14(20)12(8-11)18-21-23-24-22-18/h4-5,8-10,19H,6-7H2,1-3H3,(H,21,22,23,24). The van der Waals surface area contributed by atoms with Gasteiger partial charge in [0.15, 0.2) is 11.5 Å². The number of rotatable bonds is 7. The van der Waals surface area contributed by atoms with Crippen molar-refractivity contribution in [1.82, 2.24) is 24.9 Å². The van der Waals surface area contributed by atoms with E-state index < -0.39 is 21.2 Å². The van der Waals surface area contributed by atoms with E-state index in [9.17, 15) is 12.8 Å². The van der Waals surface area contributed by atoms with Gasteiger partial charge in [-0.05, 0) is 29.5 Å². The molecule has 2 aromatic carbocycles. The first-order valence-corrected chi connectivity index (χ1v) is 11.9. The van der Waals surface area contributed by atoms with Gasteiger partial charge in [0.2, 0.25) is 15.8 Å². The van der Waals surface area contributed by atoms with Gasteiger partial charge in [-0.25, -0.2) is 12.8 Å². The number of hydrogen-bond acceptors (Lipinski definition) is 9. The molecule has 1 unspecified atom stereocenters. The van der Waals surface area contributed by atoms with Crippen molar-refractivity contribution in [3.8, 4) is 28.6 Å². The first kappa shape index (κ1) is 22.3. The first-order chi connectivity index (χ1) is 15.4. The molecule has 1 aliphatic rings. The Morgan fingerprint density at radius 1 is 1.09 bits per heavy atom.